The summed E-state index contributed by atoms with van der Waals surface area (Å²) >= 11 is 0. The van der Waals surface area contributed by atoms with Crippen molar-refractivity contribution in [3.05, 3.63) is 29.8 Å². The van der Waals surface area contributed by atoms with Crippen LogP contribution in [0.5, 0.6) is 0 Å². The minimum Gasteiger partial charge on any atom is -0.352 e. The molecule has 0 aliphatic rings. The highest BCUT2D eigenvalue weighted by atomic mass is 16.2. The number of nitrogens with one attached hydrogen (secondary N) is 3. The van der Waals surface area contributed by atoms with Crippen LogP contribution in [0.4, 0.5) is 5.69 Å². The fourth-order valence-corrected chi connectivity index (χ4v) is 1.51. The van der Waals surface area contributed by atoms with E-state index in [4.69, 9.17) is 0 Å². The molecule has 3 N–H and O–H groups in total. The van der Waals surface area contributed by atoms with Crippen LogP contribution in [0.1, 0.15) is 30.1 Å². The van der Waals surface area contributed by atoms with Crippen LogP contribution < -0.4 is 16.0 Å². The smallest absolute Gasteiger partial charge is 0.251 e. The van der Waals surface area contributed by atoms with E-state index in [9.17, 15) is 9.59 Å². The van der Waals surface area contributed by atoms with Crippen LogP contribution in [0.2, 0.25) is 0 Å². The van der Waals surface area contributed by atoms with Gasteiger partial charge in [-0.3, -0.25) is 9.59 Å². The molecule has 0 atom stereocenters. The molecule has 0 spiro atoms. The summed E-state index contributed by atoms with van der Waals surface area (Å²) in [6.07, 6.45) is 1.33. The number of carbonyl (C=O) groups excluding carboxylic acids is 2. The molecule has 0 saturated heterocycles. The summed E-state index contributed by atoms with van der Waals surface area (Å²) in [5, 5.41) is 8.49. The van der Waals surface area contributed by atoms with E-state index < -0.39 is 0 Å². The van der Waals surface area contributed by atoms with Gasteiger partial charge < -0.3 is 16.0 Å². The van der Waals surface area contributed by atoms with Gasteiger partial charge in [0.15, 0.2) is 0 Å². The maximum absolute atomic E-state index is 11.7. The molecule has 1 aromatic rings. The van der Waals surface area contributed by atoms with Crippen molar-refractivity contribution in [2.75, 3.05) is 25.5 Å². The topological polar surface area (TPSA) is 70.2 Å². The van der Waals surface area contributed by atoms with Gasteiger partial charge in [-0.15, -0.1) is 0 Å². The minimum atomic E-state index is -0.0880. The van der Waals surface area contributed by atoms with Crippen molar-refractivity contribution in [2.45, 2.75) is 19.8 Å². The first-order chi connectivity index (χ1) is 9.17. The average Bonchev–Trinajstić information content (AvgIpc) is 2.43. The number of carbonyl (C=O) groups is 2. The van der Waals surface area contributed by atoms with Crippen molar-refractivity contribution in [3.63, 3.8) is 0 Å². The van der Waals surface area contributed by atoms with Gasteiger partial charge in [-0.2, -0.15) is 0 Å². The largest absolute Gasteiger partial charge is 0.352 e. The van der Waals surface area contributed by atoms with E-state index in [2.05, 4.69) is 16.0 Å². The van der Waals surface area contributed by atoms with Crippen LogP contribution in [-0.2, 0) is 4.79 Å². The van der Waals surface area contributed by atoms with E-state index in [1.165, 1.54) is 0 Å². The van der Waals surface area contributed by atoms with Crippen LogP contribution >= 0.6 is 0 Å². The average molecular weight is 263 g/mol. The van der Waals surface area contributed by atoms with Crippen LogP contribution in [-0.4, -0.2) is 32.0 Å². The van der Waals surface area contributed by atoms with Gasteiger partial charge in [0.25, 0.3) is 5.91 Å². The van der Waals surface area contributed by atoms with Gasteiger partial charge in [0.05, 0.1) is 0 Å². The highest BCUT2D eigenvalue weighted by Crippen LogP contribution is 2.09. The van der Waals surface area contributed by atoms with Crippen LogP contribution in [0.25, 0.3) is 0 Å². The van der Waals surface area contributed by atoms with Gasteiger partial charge in [0.2, 0.25) is 5.91 Å². The van der Waals surface area contributed by atoms with Gasteiger partial charge in [0.1, 0.15) is 0 Å². The second-order valence-electron chi connectivity index (χ2n) is 4.23. The Morgan fingerprint density at radius 1 is 1.11 bits per heavy atom. The third-order valence-electron chi connectivity index (χ3n) is 2.57. The monoisotopic (exact) mass is 263 g/mol. The number of amides is 2. The standard InChI is InChI=1S/C14H21N3O2/c1-3-9-16-14(19)11-4-6-12(7-5-11)17-13(18)8-10-15-2/h4-7,15H,3,8-10H2,1-2H3,(H,16,19)(H,17,18). The van der Waals surface area contributed by atoms with Gasteiger partial charge in [-0.25, -0.2) is 0 Å². The lowest BCUT2D eigenvalue weighted by Gasteiger charge is -2.07. The Bertz CT molecular complexity index is 415. The number of hydrogen-bond donors (Lipinski definition) is 3. The summed E-state index contributed by atoms with van der Waals surface area (Å²) in [4.78, 5) is 23.2. The first-order valence-corrected chi connectivity index (χ1v) is 6.50. The van der Waals surface area contributed by atoms with Crippen LogP contribution in [0.15, 0.2) is 24.3 Å². The molecule has 0 saturated carbocycles. The third kappa shape index (κ3) is 5.52. The zero-order chi connectivity index (χ0) is 14.1. The minimum absolute atomic E-state index is 0.0439. The van der Waals surface area contributed by atoms with Gasteiger partial charge >= 0.3 is 0 Å². The predicted molar refractivity (Wildman–Crippen MR) is 76.2 cm³/mol. The molecule has 1 aromatic carbocycles. The van der Waals surface area contributed by atoms with E-state index in [0.717, 1.165) is 6.42 Å². The molecule has 0 bridgehead atoms. The maximum atomic E-state index is 11.7. The van der Waals surface area contributed by atoms with Crippen LogP contribution in [0, 0.1) is 0 Å². The second kappa shape index (κ2) is 8.26. The molecule has 0 unspecified atom stereocenters. The molecular weight excluding hydrogens is 242 g/mol. The lowest BCUT2D eigenvalue weighted by molar-refractivity contribution is -0.116. The molecular formula is C14H21N3O2. The molecule has 0 aromatic heterocycles. The van der Waals surface area contributed by atoms with E-state index in [1.807, 2.05) is 6.92 Å². The third-order valence-corrected chi connectivity index (χ3v) is 2.57. The fourth-order valence-electron chi connectivity index (χ4n) is 1.51. The summed E-state index contributed by atoms with van der Waals surface area (Å²) in [7, 11) is 1.80. The summed E-state index contributed by atoms with van der Waals surface area (Å²) in [5.74, 6) is -0.132. The van der Waals surface area contributed by atoms with Crippen molar-refractivity contribution < 1.29 is 9.59 Å². The molecule has 0 fully saturated rings. The van der Waals surface area contributed by atoms with Gasteiger partial charge in [0, 0.05) is 30.8 Å². The highest BCUT2D eigenvalue weighted by molar-refractivity contribution is 5.95. The van der Waals surface area contributed by atoms with E-state index in [-0.39, 0.29) is 11.8 Å². The molecule has 0 aliphatic heterocycles. The lowest BCUT2D eigenvalue weighted by Crippen LogP contribution is -2.24. The Morgan fingerprint density at radius 2 is 1.79 bits per heavy atom. The number of rotatable bonds is 7. The van der Waals surface area contributed by atoms with Crippen molar-refractivity contribution in [1.82, 2.24) is 10.6 Å². The molecule has 5 heteroatoms. The lowest BCUT2D eigenvalue weighted by atomic mass is 10.2. The molecule has 1 rings (SSSR count). The normalized spacial score (nSPS) is 10.0. The molecule has 0 aliphatic carbocycles. The predicted octanol–water partition coefficient (Wildman–Crippen LogP) is 1.37. The van der Waals surface area contributed by atoms with E-state index in [1.54, 1.807) is 31.3 Å². The summed E-state index contributed by atoms with van der Waals surface area (Å²) < 4.78 is 0. The Kier molecular flexibility index (Phi) is 6.60. The van der Waals surface area contributed by atoms with Crippen molar-refractivity contribution in [2.24, 2.45) is 0 Å². The number of anilines is 1. The summed E-state index contributed by atoms with van der Waals surface area (Å²) in [6, 6.07) is 6.88. The molecule has 0 heterocycles. The molecule has 2 amide bonds. The molecule has 104 valence electrons. The Labute approximate surface area is 113 Å². The SMILES string of the molecule is CCCNC(=O)c1ccc(NC(=O)CCNC)cc1. The van der Waals surface area contributed by atoms with E-state index >= 15 is 0 Å². The Hall–Kier alpha value is -1.88. The van der Waals surface area contributed by atoms with Crippen LogP contribution in [0.3, 0.4) is 0 Å². The molecule has 0 radical (unpaired) electrons. The maximum Gasteiger partial charge on any atom is 0.251 e. The first kappa shape index (κ1) is 15.2. The molecule has 5 nitrogen and oxygen atoms in total. The molecule has 19 heavy (non-hydrogen) atoms. The fraction of sp³-hybridized carbons (Fsp3) is 0.429. The summed E-state index contributed by atoms with van der Waals surface area (Å²) in [5.41, 5.74) is 1.30. The van der Waals surface area contributed by atoms with Crippen molar-refractivity contribution in [3.8, 4) is 0 Å². The highest BCUT2D eigenvalue weighted by Gasteiger charge is 2.05. The zero-order valence-corrected chi connectivity index (χ0v) is 11.5. The Morgan fingerprint density at radius 3 is 2.37 bits per heavy atom. The van der Waals surface area contributed by atoms with Crippen molar-refractivity contribution in [1.29, 1.82) is 0 Å². The van der Waals surface area contributed by atoms with Gasteiger partial charge in [-0.05, 0) is 37.7 Å². The first-order valence-electron chi connectivity index (χ1n) is 6.50. The number of hydrogen-bond acceptors (Lipinski definition) is 3. The Balaban J connectivity index is 2.51. The zero-order valence-electron chi connectivity index (χ0n) is 11.5. The second-order valence-corrected chi connectivity index (χ2v) is 4.23. The van der Waals surface area contributed by atoms with E-state index in [0.29, 0.717) is 30.8 Å². The summed E-state index contributed by atoms with van der Waals surface area (Å²) in [6.45, 7) is 3.31. The number of benzene rings is 1. The van der Waals surface area contributed by atoms with Crippen molar-refractivity contribution >= 4 is 17.5 Å². The quantitative estimate of drug-likeness (QED) is 0.696. The van der Waals surface area contributed by atoms with Gasteiger partial charge in [-0.1, -0.05) is 6.92 Å².